The summed E-state index contributed by atoms with van der Waals surface area (Å²) in [6.07, 6.45) is 1.75. The van der Waals surface area contributed by atoms with Crippen LogP contribution < -0.4 is 33.8 Å². The average molecular weight is 783 g/mol. The standard InChI is InChI=1S/C37H39IN2O7S/c1-8-44-30-17-25(16-27(38)34(30)46-20-24-12-10-11-22(5)15-24)18-31-35(41)40-33(26-13-14-28(47-21(3)4)29(19-26)43-7)32(36(42)45-9-2)23(6)39-37(40)48-31/h10-19,21,33H,8-9,20H2,1-7H3/b31-18-/t33-/m0/s1. The molecule has 0 amide bonds. The number of esters is 1. The molecule has 4 aromatic rings. The number of ether oxygens (including phenoxy) is 5. The van der Waals surface area contributed by atoms with Gasteiger partial charge in [0.25, 0.3) is 5.56 Å². The summed E-state index contributed by atoms with van der Waals surface area (Å²) in [5.41, 5.74) is 4.14. The average Bonchev–Trinajstić information content (AvgIpc) is 3.33. The van der Waals surface area contributed by atoms with Crippen molar-refractivity contribution in [1.29, 1.82) is 0 Å². The summed E-state index contributed by atoms with van der Waals surface area (Å²) in [5.74, 6) is 1.75. The van der Waals surface area contributed by atoms with Crippen LogP contribution in [0.2, 0.25) is 0 Å². The second-order valence-electron chi connectivity index (χ2n) is 11.4. The predicted molar refractivity (Wildman–Crippen MR) is 195 cm³/mol. The van der Waals surface area contributed by atoms with Crippen LogP contribution in [0.4, 0.5) is 0 Å². The van der Waals surface area contributed by atoms with Crippen LogP contribution in [0.1, 0.15) is 62.9 Å². The van der Waals surface area contributed by atoms with Crippen molar-refractivity contribution in [2.45, 2.75) is 60.3 Å². The smallest absolute Gasteiger partial charge is 0.338 e. The summed E-state index contributed by atoms with van der Waals surface area (Å²) >= 11 is 3.49. The van der Waals surface area contributed by atoms with E-state index in [1.165, 1.54) is 11.3 Å². The van der Waals surface area contributed by atoms with E-state index in [0.717, 1.165) is 20.3 Å². The molecule has 1 atom stereocenters. The van der Waals surface area contributed by atoms with Crippen LogP contribution in [0, 0.1) is 10.5 Å². The van der Waals surface area contributed by atoms with Crippen LogP contribution in [0.3, 0.4) is 0 Å². The Morgan fingerprint density at radius 3 is 2.50 bits per heavy atom. The highest BCUT2D eigenvalue weighted by Crippen LogP contribution is 2.37. The van der Waals surface area contributed by atoms with E-state index in [9.17, 15) is 9.59 Å². The number of aromatic nitrogens is 1. The van der Waals surface area contributed by atoms with Gasteiger partial charge in [0.15, 0.2) is 27.8 Å². The molecule has 1 aliphatic heterocycles. The van der Waals surface area contributed by atoms with Crippen LogP contribution in [-0.4, -0.2) is 37.0 Å². The van der Waals surface area contributed by atoms with Gasteiger partial charge in [0.05, 0.1) is 51.8 Å². The zero-order chi connectivity index (χ0) is 34.5. The minimum absolute atomic E-state index is 0.0697. The third-order valence-electron chi connectivity index (χ3n) is 7.48. The molecule has 252 valence electrons. The molecule has 11 heteroatoms. The number of fused-ring (bicyclic) bond motifs is 1. The van der Waals surface area contributed by atoms with E-state index in [1.54, 1.807) is 37.7 Å². The second kappa shape index (κ2) is 15.4. The quantitative estimate of drug-likeness (QED) is 0.120. The van der Waals surface area contributed by atoms with Crippen molar-refractivity contribution in [3.63, 3.8) is 0 Å². The van der Waals surface area contributed by atoms with Crippen LogP contribution in [0.5, 0.6) is 23.0 Å². The predicted octanol–water partition coefficient (Wildman–Crippen LogP) is 6.48. The lowest BCUT2D eigenvalue weighted by molar-refractivity contribution is -0.139. The van der Waals surface area contributed by atoms with Crippen molar-refractivity contribution >= 4 is 46.0 Å². The van der Waals surface area contributed by atoms with E-state index in [4.69, 9.17) is 28.7 Å². The largest absolute Gasteiger partial charge is 0.493 e. The maximum Gasteiger partial charge on any atom is 0.338 e. The summed E-state index contributed by atoms with van der Waals surface area (Å²) in [6.45, 7) is 12.4. The number of benzene rings is 3. The molecule has 0 saturated carbocycles. The van der Waals surface area contributed by atoms with Gasteiger partial charge in [-0.15, -0.1) is 0 Å². The molecule has 48 heavy (non-hydrogen) atoms. The molecule has 0 unspecified atom stereocenters. The van der Waals surface area contributed by atoms with Gasteiger partial charge in [-0.2, -0.15) is 0 Å². The first-order valence-electron chi connectivity index (χ1n) is 15.7. The molecule has 5 rings (SSSR count). The van der Waals surface area contributed by atoms with E-state index < -0.39 is 12.0 Å². The van der Waals surface area contributed by atoms with E-state index in [-0.39, 0.29) is 18.3 Å². The number of allylic oxidation sites excluding steroid dienone is 1. The van der Waals surface area contributed by atoms with Gasteiger partial charge in [-0.3, -0.25) is 9.36 Å². The highest BCUT2D eigenvalue weighted by molar-refractivity contribution is 14.1. The Labute approximate surface area is 297 Å². The van der Waals surface area contributed by atoms with Crippen LogP contribution >= 0.6 is 33.9 Å². The van der Waals surface area contributed by atoms with E-state index >= 15 is 0 Å². The van der Waals surface area contributed by atoms with Crippen molar-refractivity contribution < 1.29 is 28.5 Å². The van der Waals surface area contributed by atoms with Gasteiger partial charge in [-0.05, 0) is 111 Å². The maximum atomic E-state index is 14.2. The first-order chi connectivity index (χ1) is 23.0. The second-order valence-corrected chi connectivity index (χ2v) is 13.6. The minimum Gasteiger partial charge on any atom is -0.493 e. The zero-order valence-electron chi connectivity index (χ0n) is 28.1. The van der Waals surface area contributed by atoms with Crippen LogP contribution in [-0.2, 0) is 16.1 Å². The number of rotatable bonds is 12. The van der Waals surface area contributed by atoms with E-state index in [2.05, 4.69) is 28.7 Å². The topological polar surface area (TPSA) is 97.6 Å². The molecule has 0 aliphatic carbocycles. The number of methoxy groups -OCH3 is 1. The Morgan fingerprint density at radius 1 is 1.02 bits per heavy atom. The number of thiazole rings is 1. The molecule has 0 N–H and O–H groups in total. The third-order valence-corrected chi connectivity index (χ3v) is 9.26. The molecular weight excluding hydrogens is 743 g/mol. The molecule has 0 saturated heterocycles. The van der Waals surface area contributed by atoms with Crippen molar-refractivity contribution in [2.75, 3.05) is 20.3 Å². The van der Waals surface area contributed by atoms with Gasteiger partial charge in [-0.1, -0.05) is 47.2 Å². The van der Waals surface area contributed by atoms with Gasteiger partial charge in [0.1, 0.15) is 6.61 Å². The number of hydrogen-bond acceptors (Lipinski definition) is 9. The number of carbonyl (C=O) groups excluding carboxylic acids is 1. The van der Waals surface area contributed by atoms with Gasteiger partial charge >= 0.3 is 5.97 Å². The van der Waals surface area contributed by atoms with Crippen molar-refractivity contribution in [3.8, 4) is 23.0 Å². The Bertz CT molecular complexity index is 2050. The monoisotopic (exact) mass is 782 g/mol. The Kier molecular flexibility index (Phi) is 11.3. The summed E-state index contributed by atoms with van der Waals surface area (Å²) in [7, 11) is 1.56. The minimum atomic E-state index is -0.791. The highest BCUT2D eigenvalue weighted by atomic mass is 127. The fourth-order valence-corrected chi connectivity index (χ4v) is 7.32. The van der Waals surface area contributed by atoms with Crippen LogP contribution in [0.15, 0.2) is 75.7 Å². The summed E-state index contributed by atoms with van der Waals surface area (Å²) in [6, 6.07) is 16.6. The van der Waals surface area contributed by atoms with Crippen molar-refractivity contribution in [3.05, 3.63) is 111 Å². The third kappa shape index (κ3) is 7.62. The Balaban J connectivity index is 1.61. The highest BCUT2D eigenvalue weighted by Gasteiger charge is 2.34. The lowest BCUT2D eigenvalue weighted by atomic mass is 9.95. The van der Waals surface area contributed by atoms with E-state index in [1.807, 2.05) is 70.2 Å². The Morgan fingerprint density at radius 2 is 1.81 bits per heavy atom. The summed E-state index contributed by atoms with van der Waals surface area (Å²) in [4.78, 5) is 32.8. The van der Waals surface area contributed by atoms with Gasteiger partial charge < -0.3 is 23.7 Å². The molecule has 9 nitrogen and oxygen atoms in total. The number of carbonyl (C=O) groups is 1. The Hall–Kier alpha value is -4.10. The fraction of sp³-hybridized carbons (Fsp3) is 0.324. The van der Waals surface area contributed by atoms with Gasteiger partial charge in [0, 0.05) is 0 Å². The molecule has 0 radical (unpaired) electrons. The van der Waals surface area contributed by atoms with Gasteiger partial charge in [0.2, 0.25) is 0 Å². The molecule has 1 aromatic heterocycles. The number of aryl methyl sites for hydroxylation is 1. The maximum absolute atomic E-state index is 14.2. The fourth-order valence-electron chi connectivity index (χ4n) is 5.50. The number of hydrogen-bond donors (Lipinski definition) is 0. The molecule has 1 aliphatic rings. The van der Waals surface area contributed by atoms with Crippen LogP contribution in [0.25, 0.3) is 6.08 Å². The zero-order valence-corrected chi connectivity index (χ0v) is 31.1. The molecule has 0 fully saturated rings. The van der Waals surface area contributed by atoms with Crippen molar-refractivity contribution in [2.24, 2.45) is 4.99 Å². The summed E-state index contributed by atoms with van der Waals surface area (Å²) in [5, 5.41) is 0. The SMILES string of the molecule is CCOC(=O)C1=C(C)N=c2s/c(=C\c3cc(I)c(OCc4cccc(C)c4)c(OCC)c3)c(=O)n2[C@H]1c1ccc(OC(C)C)c(OC)c1. The summed E-state index contributed by atoms with van der Waals surface area (Å²) < 4.78 is 32.1. The lowest BCUT2D eigenvalue weighted by Crippen LogP contribution is -2.40. The first-order valence-corrected chi connectivity index (χ1v) is 17.6. The normalized spacial score (nSPS) is 14.4. The molecule has 3 aromatic carbocycles. The molecule has 0 bridgehead atoms. The molecule has 0 spiro atoms. The van der Waals surface area contributed by atoms with Crippen molar-refractivity contribution in [1.82, 2.24) is 4.57 Å². The molecule has 2 heterocycles. The number of nitrogens with zero attached hydrogens (tertiary/aromatic N) is 2. The van der Waals surface area contributed by atoms with Gasteiger partial charge in [-0.25, -0.2) is 9.79 Å². The lowest BCUT2D eigenvalue weighted by Gasteiger charge is -2.25. The molecular formula is C37H39IN2O7S. The van der Waals surface area contributed by atoms with E-state index in [0.29, 0.717) is 62.4 Å². The number of halogens is 1. The first kappa shape index (κ1) is 35.2.